The average Bonchev–Trinajstić information content (AvgIpc) is 2.48. The van der Waals surface area contributed by atoms with E-state index in [1.165, 1.54) is 5.56 Å². The van der Waals surface area contributed by atoms with E-state index in [1.807, 2.05) is 45.0 Å². The van der Waals surface area contributed by atoms with E-state index in [0.29, 0.717) is 4.90 Å². The van der Waals surface area contributed by atoms with Crippen LogP contribution in [0, 0.1) is 13.8 Å². The Kier molecular flexibility index (Phi) is 5.37. The molecule has 0 aliphatic heterocycles. The first-order valence-corrected chi connectivity index (χ1v) is 9.00. The van der Waals surface area contributed by atoms with E-state index in [0.717, 1.165) is 24.0 Å². The average molecular weight is 317 g/mol. The third kappa shape index (κ3) is 4.42. The Hall–Kier alpha value is -1.65. The van der Waals surface area contributed by atoms with Crippen LogP contribution in [0.25, 0.3) is 0 Å². The highest BCUT2D eigenvalue weighted by Gasteiger charge is 2.17. The van der Waals surface area contributed by atoms with Gasteiger partial charge in [-0.25, -0.2) is 13.1 Å². The normalized spacial score (nSPS) is 13.0. The van der Waals surface area contributed by atoms with Crippen LogP contribution >= 0.6 is 0 Å². The molecule has 0 saturated carbocycles. The molecule has 118 valence electrons. The van der Waals surface area contributed by atoms with E-state index in [9.17, 15) is 8.42 Å². The third-order valence-electron chi connectivity index (χ3n) is 3.85. The number of sulfonamides is 1. The van der Waals surface area contributed by atoms with Gasteiger partial charge in [-0.1, -0.05) is 36.4 Å². The summed E-state index contributed by atoms with van der Waals surface area (Å²) < 4.78 is 27.6. The number of rotatable bonds is 6. The van der Waals surface area contributed by atoms with Crippen molar-refractivity contribution < 1.29 is 8.42 Å². The van der Waals surface area contributed by atoms with Gasteiger partial charge < -0.3 is 0 Å². The number of benzene rings is 2. The molecule has 0 heterocycles. The van der Waals surface area contributed by atoms with Gasteiger partial charge in [0.25, 0.3) is 0 Å². The molecule has 0 amide bonds. The van der Waals surface area contributed by atoms with E-state index in [4.69, 9.17) is 0 Å². The van der Waals surface area contributed by atoms with Crippen LogP contribution in [-0.4, -0.2) is 14.5 Å². The van der Waals surface area contributed by atoms with Crippen molar-refractivity contribution in [1.82, 2.24) is 4.72 Å². The van der Waals surface area contributed by atoms with Crippen molar-refractivity contribution in [1.29, 1.82) is 0 Å². The molecule has 3 nitrogen and oxygen atoms in total. The molecule has 0 spiro atoms. The van der Waals surface area contributed by atoms with Crippen molar-refractivity contribution in [2.75, 3.05) is 0 Å². The van der Waals surface area contributed by atoms with E-state index in [2.05, 4.69) is 16.9 Å². The number of aryl methyl sites for hydroxylation is 3. The highest BCUT2D eigenvalue weighted by Crippen LogP contribution is 2.15. The van der Waals surface area contributed by atoms with Crippen molar-refractivity contribution in [3.05, 3.63) is 65.2 Å². The molecule has 1 atom stereocenters. The second-order valence-electron chi connectivity index (χ2n) is 5.79. The van der Waals surface area contributed by atoms with Crippen LogP contribution in [0.1, 0.15) is 30.0 Å². The smallest absolute Gasteiger partial charge is 0.208 e. The second kappa shape index (κ2) is 7.07. The first-order valence-electron chi connectivity index (χ1n) is 7.52. The molecule has 0 bridgehead atoms. The topological polar surface area (TPSA) is 46.2 Å². The van der Waals surface area contributed by atoms with Gasteiger partial charge in [0.15, 0.2) is 0 Å². The summed E-state index contributed by atoms with van der Waals surface area (Å²) in [5.41, 5.74) is 3.30. The quantitative estimate of drug-likeness (QED) is 0.885. The lowest BCUT2D eigenvalue weighted by atomic mass is 10.1. The van der Waals surface area contributed by atoms with Crippen molar-refractivity contribution in [3.8, 4) is 0 Å². The molecule has 2 rings (SSSR count). The lowest BCUT2D eigenvalue weighted by molar-refractivity contribution is 0.547. The fraction of sp³-hybridized carbons (Fsp3) is 0.333. The summed E-state index contributed by atoms with van der Waals surface area (Å²) in [4.78, 5) is 0.335. The first-order chi connectivity index (χ1) is 10.4. The standard InChI is InChI=1S/C18H23NO2S/c1-14-9-12-18(13-15(14)2)22(20,21)19-16(3)10-11-17-7-5-4-6-8-17/h4-9,12-13,16,19H,10-11H2,1-3H3/t16-/m1/s1. The van der Waals surface area contributed by atoms with Crippen LogP contribution in [0.5, 0.6) is 0 Å². The minimum atomic E-state index is -3.45. The van der Waals surface area contributed by atoms with Gasteiger partial charge in [0, 0.05) is 6.04 Å². The Morgan fingerprint density at radius 2 is 1.68 bits per heavy atom. The highest BCUT2D eigenvalue weighted by molar-refractivity contribution is 7.89. The summed E-state index contributed by atoms with van der Waals surface area (Å²) in [7, 11) is -3.45. The van der Waals surface area contributed by atoms with Crippen LogP contribution in [0.4, 0.5) is 0 Å². The first kappa shape index (κ1) is 16.7. The SMILES string of the molecule is Cc1ccc(S(=O)(=O)N[C@H](C)CCc2ccccc2)cc1C. The van der Waals surface area contributed by atoms with Crippen molar-refractivity contribution in [2.24, 2.45) is 0 Å². The van der Waals surface area contributed by atoms with Crippen LogP contribution in [-0.2, 0) is 16.4 Å². The van der Waals surface area contributed by atoms with Crippen molar-refractivity contribution >= 4 is 10.0 Å². The van der Waals surface area contributed by atoms with Crippen LogP contribution in [0.2, 0.25) is 0 Å². The Morgan fingerprint density at radius 1 is 1.00 bits per heavy atom. The van der Waals surface area contributed by atoms with Gasteiger partial charge in [-0.05, 0) is 62.4 Å². The molecular weight excluding hydrogens is 294 g/mol. The molecule has 2 aromatic carbocycles. The molecule has 2 aromatic rings. The molecule has 0 fully saturated rings. The maximum absolute atomic E-state index is 12.4. The predicted molar refractivity (Wildman–Crippen MR) is 90.5 cm³/mol. The molecule has 1 N–H and O–H groups in total. The molecule has 4 heteroatoms. The summed E-state index contributed by atoms with van der Waals surface area (Å²) >= 11 is 0. The van der Waals surface area contributed by atoms with Gasteiger partial charge in [0.05, 0.1) is 4.90 Å². The van der Waals surface area contributed by atoms with Gasteiger partial charge in [-0.2, -0.15) is 0 Å². The Morgan fingerprint density at radius 3 is 2.32 bits per heavy atom. The maximum Gasteiger partial charge on any atom is 0.240 e. The minimum Gasteiger partial charge on any atom is -0.208 e. The van der Waals surface area contributed by atoms with E-state index >= 15 is 0 Å². The highest BCUT2D eigenvalue weighted by atomic mass is 32.2. The monoisotopic (exact) mass is 317 g/mol. The zero-order chi connectivity index (χ0) is 16.2. The Balaban J connectivity index is 2.00. The molecule has 0 saturated heterocycles. The molecule has 0 radical (unpaired) electrons. The zero-order valence-corrected chi connectivity index (χ0v) is 14.2. The van der Waals surface area contributed by atoms with Gasteiger partial charge in [-0.3, -0.25) is 0 Å². The van der Waals surface area contributed by atoms with Gasteiger partial charge in [0.2, 0.25) is 10.0 Å². The fourth-order valence-electron chi connectivity index (χ4n) is 2.30. The van der Waals surface area contributed by atoms with Crippen LogP contribution in [0.3, 0.4) is 0 Å². The predicted octanol–water partition coefficient (Wildman–Crippen LogP) is 3.60. The summed E-state index contributed by atoms with van der Waals surface area (Å²) in [5, 5.41) is 0. The van der Waals surface area contributed by atoms with Gasteiger partial charge in [-0.15, -0.1) is 0 Å². The van der Waals surface area contributed by atoms with Crippen LogP contribution in [0.15, 0.2) is 53.4 Å². The zero-order valence-electron chi connectivity index (χ0n) is 13.3. The van der Waals surface area contributed by atoms with Gasteiger partial charge >= 0.3 is 0 Å². The third-order valence-corrected chi connectivity index (χ3v) is 5.44. The largest absolute Gasteiger partial charge is 0.240 e. The Bertz CT molecular complexity index is 724. The number of nitrogens with one attached hydrogen (secondary N) is 1. The summed E-state index contributed by atoms with van der Waals surface area (Å²) in [6, 6.07) is 15.2. The molecule has 0 aromatic heterocycles. The molecule has 0 unspecified atom stereocenters. The van der Waals surface area contributed by atoms with Gasteiger partial charge in [0.1, 0.15) is 0 Å². The van der Waals surface area contributed by atoms with E-state index in [1.54, 1.807) is 12.1 Å². The second-order valence-corrected chi connectivity index (χ2v) is 7.51. The summed E-state index contributed by atoms with van der Waals surface area (Å²) in [6.45, 7) is 5.80. The lowest BCUT2D eigenvalue weighted by Crippen LogP contribution is -2.33. The minimum absolute atomic E-state index is 0.105. The maximum atomic E-state index is 12.4. The van der Waals surface area contributed by atoms with Crippen molar-refractivity contribution in [3.63, 3.8) is 0 Å². The molecule has 0 aliphatic rings. The summed E-state index contributed by atoms with van der Waals surface area (Å²) in [6.07, 6.45) is 1.63. The molecule has 22 heavy (non-hydrogen) atoms. The van der Waals surface area contributed by atoms with E-state index in [-0.39, 0.29) is 6.04 Å². The molecular formula is C18H23NO2S. The van der Waals surface area contributed by atoms with Crippen molar-refractivity contribution in [2.45, 2.75) is 44.6 Å². The fourth-order valence-corrected chi connectivity index (χ4v) is 3.66. The number of hydrogen-bond acceptors (Lipinski definition) is 2. The number of hydrogen-bond donors (Lipinski definition) is 1. The Labute approximate surface area is 133 Å². The summed E-state index contributed by atoms with van der Waals surface area (Å²) in [5.74, 6) is 0. The molecule has 0 aliphatic carbocycles. The van der Waals surface area contributed by atoms with E-state index < -0.39 is 10.0 Å². The lowest BCUT2D eigenvalue weighted by Gasteiger charge is -2.15. The van der Waals surface area contributed by atoms with Crippen LogP contribution < -0.4 is 4.72 Å².